The molecule has 0 unspecified atom stereocenters. The van der Waals surface area contributed by atoms with Crippen LogP contribution in [0.4, 0.5) is 53.3 Å². The van der Waals surface area contributed by atoms with Gasteiger partial charge in [-0.2, -0.15) is 0 Å². The third-order valence-electron chi connectivity index (χ3n) is 7.40. The minimum Gasteiger partial charge on any atom is -0.449 e. The zero-order valence-corrected chi connectivity index (χ0v) is 31.1. The Kier molecular flexibility index (Phi) is 13.4. The quantitative estimate of drug-likeness (QED) is 0.0828. The second-order valence-electron chi connectivity index (χ2n) is 13.0. The Morgan fingerprint density at radius 1 is 0.509 bits per heavy atom. The highest BCUT2D eigenvalue weighted by Crippen LogP contribution is 2.26. The molecule has 0 spiro atoms. The van der Waals surface area contributed by atoms with Gasteiger partial charge in [-0.15, -0.1) is 0 Å². The van der Waals surface area contributed by atoms with Crippen LogP contribution in [-0.4, -0.2) is 45.9 Å². The third-order valence-corrected chi connectivity index (χ3v) is 9.19. The second kappa shape index (κ2) is 17.9. The first-order chi connectivity index (χ1) is 25.1. The van der Waals surface area contributed by atoms with E-state index in [4.69, 9.17) is 9.47 Å². The average Bonchev–Trinajstić information content (AvgIpc) is 3.10. The molecule has 15 heteroatoms. The van der Waals surface area contributed by atoms with E-state index in [2.05, 4.69) is 31.9 Å². The van der Waals surface area contributed by atoms with E-state index in [1.165, 1.54) is 48.5 Å². The van der Waals surface area contributed by atoms with Crippen molar-refractivity contribution in [3.05, 3.63) is 96.1 Å². The van der Waals surface area contributed by atoms with E-state index in [1.807, 2.05) is 27.7 Å². The minimum atomic E-state index is -3.93. The number of nitrogens with one attached hydrogen (secondary N) is 6. The van der Waals surface area contributed by atoms with Gasteiger partial charge in [0.2, 0.25) is 9.84 Å². The molecule has 0 aliphatic heterocycles. The lowest BCUT2D eigenvalue weighted by Gasteiger charge is -2.14. The summed E-state index contributed by atoms with van der Waals surface area (Å²) in [5.74, 6) is 0.372. The molecule has 0 atom stereocenters. The number of benzene rings is 4. The van der Waals surface area contributed by atoms with Gasteiger partial charge in [0, 0.05) is 34.1 Å². The second-order valence-corrected chi connectivity index (χ2v) is 15.0. The van der Waals surface area contributed by atoms with Crippen molar-refractivity contribution in [3.8, 4) is 0 Å². The maximum atomic E-state index is 13.3. The molecular weight excluding hydrogens is 701 g/mol. The van der Waals surface area contributed by atoms with Crippen LogP contribution in [0.5, 0.6) is 0 Å². The smallest absolute Gasteiger partial charge is 0.411 e. The van der Waals surface area contributed by atoms with Crippen LogP contribution in [0.25, 0.3) is 0 Å². The topological polar surface area (TPSA) is 193 Å². The number of aryl methyl sites for hydroxylation is 2. The molecule has 0 aromatic heterocycles. The number of sulfone groups is 1. The predicted molar refractivity (Wildman–Crippen MR) is 206 cm³/mol. The van der Waals surface area contributed by atoms with E-state index in [9.17, 15) is 27.6 Å². The molecule has 4 aromatic rings. The number of anilines is 6. The van der Waals surface area contributed by atoms with Crippen LogP contribution < -0.4 is 31.9 Å². The fourth-order valence-electron chi connectivity index (χ4n) is 4.60. The molecule has 6 amide bonds. The zero-order valence-electron chi connectivity index (χ0n) is 30.3. The van der Waals surface area contributed by atoms with Crippen molar-refractivity contribution < 1.29 is 37.1 Å². The number of hydrogen-bond acceptors (Lipinski definition) is 8. The highest BCUT2D eigenvalue weighted by atomic mass is 32.2. The van der Waals surface area contributed by atoms with E-state index in [0.29, 0.717) is 34.1 Å². The first-order valence-electron chi connectivity index (χ1n) is 16.8. The van der Waals surface area contributed by atoms with Crippen molar-refractivity contribution in [2.45, 2.75) is 51.3 Å². The Morgan fingerprint density at radius 2 is 0.849 bits per heavy atom. The van der Waals surface area contributed by atoms with Crippen LogP contribution in [0.3, 0.4) is 0 Å². The summed E-state index contributed by atoms with van der Waals surface area (Å²) >= 11 is 0. The van der Waals surface area contributed by atoms with E-state index in [-0.39, 0.29) is 34.8 Å². The Balaban J connectivity index is 1.32. The lowest BCUT2D eigenvalue weighted by molar-refractivity contribution is 0.147. The molecule has 0 radical (unpaired) electrons. The van der Waals surface area contributed by atoms with Gasteiger partial charge in [0.1, 0.15) is 0 Å². The summed E-state index contributed by atoms with van der Waals surface area (Å²) in [6.45, 7) is 11.8. The largest absolute Gasteiger partial charge is 0.449 e. The maximum Gasteiger partial charge on any atom is 0.411 e. The van der Waals surface area contributed by atoms with Gasteiger partial charge in [-0.25, -0.2) is 27.6 Å². The van der Waals surface area contributed by atoms with Crippen LogP contribution in [0.2, 0.25) is 0 Å². The standard InChI is InChI=1S/C38H44N6O8S/c1-23(2)21-51-37(47)41-29-9-7-25(5)33(19-29)43-35(45)39-27-11-15-31(16-12-27)53(49,50)32-17-13-28(14-18-32)40-36(46)44-34-20-30(10-8-26(34)6)42-38(48)52-22-24(3)4/h7-20,23-24H,21-22H2,1-6H3,(H,41,47)(H,42,48)(H2,39,43,45)(H2,40,44,46). The first kappa shape index (κ1) is 39.7. The van der Waals surface area contributed by atoms with Crippen LogP contribution in [0, 0.1) is 25.7 Å². The number of hydrogen-bond donors (Lipinski definition) is 6. The molecule has 14 nitrogen and oxygen atoms in total. The van der Waals surface area contributed by atoms with Crippen LogP contribution in [0.1, 0.15) is 38.8 Å². The SMILES string of the molecule is Cc1ccc(NC(=O)OCC(C)C)cc1NC(=O)Nc1ccc(S(=O)(=O)c2ccc(NC(=O)Nc3cc(NC(=O)OCC(C)C)ccc3C)cc2)cc1. The summed E-state index contributed by atoms with van der Waals surface area (Å²) in [6, 6.07) is 20.2. The molecule has 6 N–H and O–H groups in total. The molecule has 0 aliphatic rings. The summed E-state index contributed by atoms with van der Waals surface area (Å²) in [7, 11) is -3.93. The lowest BCUT2D eigenvalue weighted by atomic mass is 10.2. The summed E-state index contributed by atoms with van der Waals surface area (Å²) in [4.78, 5) is 49.6. The molecule has 0 fully saturated rings. The highest BCUT2D eigenvalue weighted by molar-refractivity contribution is 7.91. The summed E-state index contributed by atoms with van der Waals surface area (Å²) in [5, 5.41) is 16.1. The predicted octanol–water partition coefficient (Wildman–Crippen LogP) is 8.83. The third kappa shape index (κ3) is 12.0. The summed E-state index contributed by atoms with van der Waals surface area (Å²) < 4.78 is 37.0. The molecule has 0 heterocycles. The van der Waals surface area contributed by atoms with Crippen molar-refractivity contribution in [3.63, 3.8) is 0 Å². The Bertz CT molecular complexity index is 1910. The Hall–Kier alpha value is -6.09. The van der Waals surface area contributed by atoms with Gasteiger partial charge in [-0.3, -0.25) is 10.6 Å². The molecular formula is C38H44N6O8S. The maximum absolute atomic E-state index is 13.3. The molecule has 4 aromatic carbocycles. The van der Waals surface area contributed by atoms with E-state index in [1.54, 1.807) is 50.2 Å². The number of carbonyl (C=O) groups excluding carboxylic acids is 4. The summed E-state index contributed by atoms with van der Waals surface area (Å²) in [6.07, 6.45) is -1.20. The van der Waals surface area contributed by atoms with Crippen LogP contribution >= 0.6 is 0 Å². The van der Waals surface area contributed by atoms with Gasteiger partial charge in [-0.1, -0.05) is 39.8 Å². The van der Waals surface area contributed by atoms with Gasteiger partial charge in [0.15, 0.2) is 0 Å². The fourth-order valence-corrected chi connectivity index (χ4v) is 5.86. The monoisotopic (exact) mass is 744 g/mol. The number of carbonyl (C=O) groups is 4. The van der Waals surface area contributed by atoms with E-state index in [0.717, 1.165) is 11.1 Å². The Morgan fingerprint density at radius 3 is 1.19 bits per heavy atom. The molecule has 0 aliphatic carbocycles. The van der Waals surface area contributed by atoms with Gasteiger partial charge in [0.25, 0.3) is 0 Å². The molecule has 280 valence electrons. The fraction of sp³-hybridized carbons (Fsp3) is 0.263. The normalized spacial score (nSPS) is 11.0. The molecule has 0 bridgehead atoms. The van der Waals surface area contributed by atoms with E-state index < -0.39 is 34.1 Å². The number of rotatable bonds is 12. The summed E-state index contributed by atoms with van der Waals surface area (Å²) in [5.41, 5.74) is 3.98. The zero-order chi connectivity index (χ0) is 38.7. The molecule has 53 heavy (non-hydrogen) atoms. The van der Waals surface area contributed by atoms with Crippen LogP contribution in [-0.2, 0) is 19.3 Å². The van der Waals surface area contributed by atoms with Crippen LogP contribution in [0.15, 0.2) is 94.7 Å². The molecule has 0 saturated carbocycles. The number of ether oxygens (including phenoxy) is 2. The van der Waals surface area contributed by atoms with E-state index >= 15 is 0 Å². The minimum absolute atomic E-state index is 0.00191. The number of urea groups is 2. The first-order valence-corrected chi connectivity index (χ1v) is 18.3. The van der Waals surface area contributed by atoms with Gasteiger partial charge < -0.3 is 30.7 Å². The Labute approximate surface area is 309 Å². The van der Waals surface area contributed by atoms with Crippen molar-refractivity contribution in [2.24, 2.45) is 11.8 Å². The van der Waals surface area contributed by atoms with Gasteiger partial charge in [0.05, 0.1) is 23.0 Å². The van der Waals surface area contributed by atoms with Crippen molar-refractivity contribution >= 4 is 68.2 Å². The van der Waals surface area contributed by atoms with Crippen molar-refractivity contribution in [2.75, 3.05) is 45.1 Å². The highest BCUT2D eigenvalue weighted by Gasteiger charge is 2.19. The number of amides is 6. The van der Waals surface area contributed by atoms with Crippen molar-refractivity contribution in [1.82, 2.24) is 0 Å². The van der Waals surface area contributed by atoms with Gasteiger partial charge in [-0.05, 0) is 110 Å². The molecule has 4 rings (SSSR count). The van der Waals surface area contributed by atoms with Crippen molar-refractivity contribution in [1.29, 1.82) is 0 Å². The lowest BCUT2D eigenvalue weighted by Crippen LogP contribution is -2.21. The van der Waals surface area contributed by atoms with Gasteiger partial charge >= 0.3 is 24.2 Å². The average molecular weight is 745 g/mol. The molecule has 0 saturated heterocycles.